The fourth-order valence-corrected chi connectivity index (χ4v) is 3.21. The van der Waals surface area contributed by atoms with Crippen LogP contribution >= 0.6 is 0 Å². The van der Waals surface area contributed by atoms with Crippen molar-refractivity contribution in [1.29, 1.82) is 0 Å². The molecule has 0 unspecified atom stereocenters. The van der Waals surface area contributed by atoms with Crippen LogP contribution in [0.25, 0.3) is 0 Å². The highest BCUT2D eigenvalue weighted by Gasteiger charge is 2.43. The third-order valence-corrected chi connectivity index (χ3v) is 4.17. The molecule has 0 heterocycles. The predicted molar refractivity (Wildman–Crippen MR) is 77.0 cm³/mol. The summed E-state index contributed by atoms with van der Waals surface area (Å²) in [5.41, 5.74) is 1.18. The summed E-state index contributed by atoms with van der Waals surface area (Å²) in [6.07, 6.45) is 1.69. The van der Waals surface area contributed by atoms with Crippen LogP contribution in [-0.2, 0) is 5.60 Å². The van der Waals surface area contributed by atoms with Gasteiger partial charge in [-0.25, -0.2) is 0 Å². The largest absolute Gasteiger partial charge is 0.393 e. The summed E-state index contributed by atoms with van der Waals surface area (Å²) in [5, 5.41) is 21.1. The van der Waals surface area contributed by atoms with Crippen LogP contribution in [0.4, 0.5) is 0 Å². The second-order valence-corrected chi connectivity index (χ2v) is 6.19. The minimum atomic E-state index is -0.909. The smallest absolute Gasteiger partial charge is 0.0961 e. The zero-order chi connectivity index (χ0) is 14.0. The van der Waals surface area contributed by atoms with Crippen LogP contribution in [0.3, 0.4) is 0 Å². The number of nitrogens with zero attached hydrogens (tertiary/aromatic N) is 1. The van der Waals surface area contributed by atoms with E-state index in [9.17, 15) is 10.2 Å². The van der Waals surface area contributed by atoms with E-state index in [0.717, 1.165) is 30.5 Å². The van der Waals surface area contributed by atoms with E-state index in [4.69, 9.17) is 0 Å². The Hall–Kier alpha value is -0.900. The van der Waals surface area contributed by atoms with E-state index in [1.54, 1.807) is 0 Å². The molecule has 0 aromatic heterocycles. The van der Waals surface area contributed by atoms with Gasteiger partial charge in [-0.3, -0.25) is 0 Å². The van der Waals surface area contributed by atoms with Crippen LogP contribution < -0.4 is 0 Å². The third-order valence-electron chi connectivity index (χ3n) is 4.17. The van der Waals surface area contributed by atoms with Crippen molar-refractivity contribution in [1.82, 2.24) is 4.90 Å². The molecule has 0 saturated heterocycles. The van der Waals surface area contributed by atoms with Crippen molar-refractivity contribution >= 4 is 0 Å². The Morgan fingerprint density at radius 1 is 1.32 bits per heavy atom. The molecule has 1 aliphatic rings. The summed E-state index contributed by atoms with van der Waals surface area (Å²) >= 11 is 0. The van der Waals surface area contributed by atoms with Crippen LogP contribution in [0.15, 0.2) is 24.3 Å². The molecule has 1 aromatic carbocycles. The highest BCUT2D eigenvalue weighted by molar-refractivity contribution is 5.29. The number of hydrogen-bond donors (Lipinski definition) is 2. The van der Waals surface area contributed by atoms with Gasteiger partial charge in [0.05, 0.1) is 11.7 Å². The van der Waals surface area contributed by atoms with Gasteiger partial charge in [0.15, 0.2) is 0 Å². The van der Waals surface area contributed by atoms with E-state index >= 15 is 0 Å². The fourth-order valence-electron chi connectivity index (χ4n) is 3.21. The predicted octanol–water partition coefficient (Wildman–Crippen LogP) is 1.91. The molecule has 3 nitrogen and oxygen atoms in total. The summed E-state index contributed by atoms with van der Waals surface area (Å²) in [7, 11) is 4.06. The second kappa shape index (κ2) is 5.61. The molecule has 1 aromatic rings. The Bertz CT molecular complexity index is 433. The first-order valence-electron chi connectivity index (χ1n) is 7.04. The molecule has 0 amide bonds. The van der Waals surface area contributed by atoms with Crippen molar-refractivity contribution in [3.63, 3.8) is 0 Å². The Labute approximate surface area is 115 Å². The van der Waals surface area contributed by atoms with Crippen LogP contribution in [0.1, 0.15) is 30.4 Å². The van der Waals surface area contributed by atoms with Crippen molar-refractivity contribution in [2.45, 2.75) is 37.9 Å². The maximum atomic E-state index is 11.2. The first-order valence-corrected chi connectivity index (χ1v) is 7.04. The molecule has 19 heavy (non-hydrogen) atoms. The van der Waals surface area contributed by atoms with E-state index in [1.807, 2.05) is 45.3 Å². The molecule has 0 aliphatic heterocycles. The molecule has 1 fully saturated rings. The van der Waals surface area contributed by atoms with Gasteiger partial charge in [0.2, 0.25) is 0 Å². The van der Waals surface area contributed by atoms with Crippen LogP contribution in [-0.4, -0.2) is 41.9 Å². The Morgan fingerprint density at radius 2 is 2.05 bits per heavy atom. The summed E-state index contributed by atoms with van der Waals surface area (Å²) in [6, 6.07) is 8.04. The first-order chi connectivity index (χ1) is 8.91. The maximum absolute atomic E-state index is 11.2. The highest BCUT2D eigenvalue weighted by atomic mass is 16.3. The molecular formula is C16H25NO2. The molecule has 0 spiro atoms. The Kier molecular flexibility index (Phi) is 4.29. The average molecular weight is 263 g/mol. The Morgan fingerprint density at radius 3 is 2.68 bits per heavy atom. The number of aryl methyl sites for hydroxylation is 1. The number of aliphatic hydroxyl groups excluding tert-OH is 1. The molecule has 0 radical (unpaired) electrons. The van der Waals surface area contributed by atoms with E-state index in [0.29, 0.717) is 6.42 Å². The van der Waals surface area contributed by atoms with Gasteiger partial charge < -0.3 is 15.1 Å². The van der Waals surface area contributed by atoms with Gasteiger partial charge in [0.1, 0.15) is 0 Å². The number of hydrogen-bond acceptors (Lipinski definition) is 3. The first kappa shape index (κ1) is 14.5. The van der Waals surface area contributed by atoms with Gasteiger partial charge in [0, 0.05) is 18.9 Å². The topological polar surface area (TPSA) is 43.7 Å². The molecule has 3 atom stereocenters. The van der Waals surface area contributed by atoms with Gasteiger partial charge in [-0.2, -0.15) is 0 Å². The van der Waals surface area contributed by atoms with Gasteiger partial charge in [-0.1, -0.05) is 29.8 Å². The highest BCUT2D eigenvalue weighted by Crippen LogP contribution is 2.42. The normalized spacial score (nSPS) is 31.7. The lowest BCUT2D eigenvalue weighted by atomic mass is 9.70. The minimum Gasteiger partial charge on any atom is -0.393 e. The Balaban J connectivity index is 2.33. The van der Waals surface area contributed by atoms with E-state index in [1.165, 1.54) is 0 Å². The molecule has 2 N–H and O–H groups in total. The SMILES string of the molecule is Cc1cccc([C@]2(O)C[C@H](O)CC[C@H]2CN(C)C)c1. The molecule has 1 aliphatic carbocycles. The third kappa shape index (κ3) is 3.16. The molecule has 1 saturated carbocycles. The van der Waals surface area contributed by atoms with Crippen molar-refractivity contribution in [3.8, 4) is 0 Å². The van der Waals surface area contributed by atoms with Gasteiger partial charge in [-0.15, -0.1) is 0 Å². The van der Waals surface area contributed by atoms with Crippen LogP contribution in [0.5, 0.6) is 0 Å². The zero-order valence-corrected chi connectivity index (χ0v) is 12.1. The molecular weight excluding hydrogens is 238 g/mol. The monoisotopic (exact) mass is 263 g/mol. The number of rotatable bonds is 3. The van der Waals surface area contributed by atoms with Crippen molar-refractivity contribution in [2.24, 2.45) is 5.92 Å². The van der Waals surface area contributed by atoms with Gasteiger partial charge in [-0.05, 0) is 39.4 Å². The quantitative estimate of drug-likeness (QED) is 0.875. The lowest BCUT2D eigenvalue weighted by molar-refractivity contribution is -0.0992. The van der Waals surface area contributed by atoms with Crippen LogP contribution in [0, 0.1) is 12.8 Å². The van der Waals surface area contributed by atoms with Gasteiger partial charge in [0.25, 0.3) is 0 Å². The van der Waals surface area contributed by atoms with Crippen molar-refractivity contribution in [2.75, 3.05) is 20.6 Å². The summed E-state index contributed by atoms with van der Waals surface area (Å²) in [4.78, 5) is 2.11. The standard InChI is InChI=1S/C16H25NO2/c1-12-5-4-6-13(9-12)16(19)10-15(18)8-7-14(16)11-17(2)3/h4-6,9,14-15,18-19H,7-8,10-11H2,1-3H3/t14-,15+,16+/m0/s1. The minimum absolute atomic E-state index is 0.174. The molecule has 0 bridgehead atoms. The maximum Gasteiger partial charge on any atom is 0.0961 e. The van der Waals surface area contributed by atoms with Crippen LogP contribution in [0.2, 0.25) is 0 Å². The van der Waals surface area contributed by atoms with E-state index in [-0.39, 0.29) is 5.92 Å². The average Bonchev–Trinajstić information content (AvgIpc) is 2.32. The lowest BCUT2D eigenvalue weighted by Crippen LogP contribution is -2.46. The lowest BCUT2D eigenvalue weighted by Gasteiger charge is -2.43. The van der Waals surface area contributed by atoms with Crippen molar-refractivity contribution in [3.05, 3.63) is 35.4 Å². The summed E-state index contributed by atoms with van der Waals surface area (Å²) in [5.74, 6) is 0.174. The van der Waals surface area contributed by atoms with E-state index < -0.39 is 11.7 Å². The fraction of sp³-hybridized carbons (Fsp3) is 0.625. The zero-order valence-electron chi connectivity index (χ0n) is 12.1. The molecule has 106 valence electrons. The summed E-state index contributed by atoms with van der Waals surface area (Å²) < 4.78 is 0. The number of aliphatic hydroxyl groups is 2. The molecule has 2 rings (SSSR count). The molecule has 3 heteroatoms. The van der Waals surface area contributed by atoms with E-state index in [2.05, 4.69) is 4.90 Å². The summed E-state index contributed by atoms with van der Waals surface area (Å²) in [6.45, 7) is 2.88. The van der Waals surface area contributed by atoms with Gasteiger partial charge >= 0.3 is 0 Å². The number of benzene rings is 1. The van der Waals surface area contributed by atoms with Crippen molar-refractivity contribution < 1.29 is 10.2 Å². The second-order valence-electron chi connectivity index (χ2n) is 6.19.